The third-order valence-corrected chi connectivity index (χ3v) is 3.87. The van der Waals surface area contributed by atoms with Gasteiger partial charge in [-0.3, -0.25) is 4.79 Å². The second kappa shape index (κ2) is 7.79. The molecule has 1 amide bonds. The summed E-state index contributed by atoms with van der Waals surface area (Å²) < 4.78 is 31.5. The number of nitrogens with one attached hydrogen (secondary N) is 1. The summed E-state index contributed by atoms with van der Waals surface area (Å²) in [6, 6.07) is 10.4. The normalized spacial score (nSPS) is 10.3. The van der Waals surface area contributed by atoms with Crippen LogP contribution in [-0.2, 0) is 4.79 Å². The van der Waals surface area contributed by atoms with Crippen molar-refractivity contribution in [2.75, 3.05) is 18.2 Å². The Labute approximate surface area is 131 Å². The van der Waals surface area contributed by atoms with Gasteiger partial charge in [-0.1, -0.05) is 0 Å². The van der Waals surface area contributed by atoms with Gasteiger partial charge in [-0.05, 0) is 36.4 Å². The molecule has 0 saturated heterocycles. The van der Waals surface area contributed by atoms with Gasteiger partial charge in [0.05, 0.1) is 12.8 Å². The minimum absolute atomic E-state index is 0.139. The van der Waals surface area contributed by atoms with Crippen LogP contribution in [0.15, 0.2) is 47.4 Å². The van der Waals surface area contributed by atoms with Crippen molar-refractivity contribution < 1.29 is 18.3 Å². The van der Waals surface area contributed by atoms with Crippen molar-refractivity contribution in [3.8, 4) is 5.75 Å². The Morgan fingerprint density at radius 1 is 1.18 bits per heavy atom. The summed E-state index contributed by atoms with van der Waals surface area (Å²) >= 11 is 1.50. The maximum absolute atomic E-state index is 13.4. The van der Waals surface area contributed by atoms with Crippen LogP contribution < -0.4 is 10.1 Å². The molecule has 0 radical (unpaired) electrons. The lowest BCUT2D eigenvalue weighted by Crippen LogP contribution is -2.13. The summed E-state index contributed by atoms with van der Waals surface area (Å²) in [5.74, 6) is -0.300. The first kappa shape index (κ1) is 16.3. The van der Waals surface area contributed by atoms with Gasteiger partial charge >= 0.3 is 0 Å². The average Bonchev–Trinajstić information content (AvgIpc) is 2.51. The number of rotatable bonds is 6. The molecule has 3 nitrogen and oxygen atoms in total. The Balaban J connectivity index is 1.81. The van der Waals surface area contributed by atoms with E-state index in [0.29, 0.717) is 5.75 Å². The fourth-order valence-electron chi connectivity index (χ4n) is 1.74. The van der Waals surface area contributed by atoms with E-state index in [1.165, 1.54) is 11.8 Å². The molecule has 0 atom stereocenters. The molecule has 0 saturated carbocycles. The fraction of sp³-hybridized carbons (Fsp3) is 0.188. The Kier molecular flexibility index (Phi) is 5.77. The first-order valence-electron chi connectivity index (χ1n) is 6.60. The lowest BCUT2D eigenvalue weighted by Gasteiger charge is -2.07. The van der Waals surface area contributed by atoms with Gasteiger partial charge < -0.3 is 10.1 Å². The van der Waals surface area contributed by atoms with Crippen LogP contribution in [0.2, 0.25) is 0 Å². The van der Waals surface area contributed by atoms with Gasteiger partial charge in [0.15, 0.2) is 0 Å². The zero-order valence-corrected chi connectivity index (χ0v) is 12.8. The number of anilines is 1. The molecule has 116 valence electrons. The summed E-state index contributed by atoms with van der Waals surface area (Å²) in [6.45, 7) is 0. The first-order chi connectivity index (χ1) is 10.6. The molecule has 2 aromatic rings. The standard InChI is InChI=1S/C16H15F2NO2S/c1-21-12-3-5-13(6-4-12)22-9-8-16(20)19-15-10-11(17)2-7-14(15)18/h2-7,10H,8-9H2,1H3,(H,19,20). The minimum Gasteiger partial charge on any atom is -0.497 e. The highest BCUT2D eigenvalue weighted by Crippen LogP contribution is 2.22. The second-order valence-electron chi connectivity index (χ2n) is 4.45. The number of benzene rings is 2. The largest absolute Gasteiger partial charge is 0.497 e. The van der Waals surface area contributed by atoms with Crippen molar-refractivity contribution in [1.29, 1.82) is 0 Å². The molecule has 0 bridgehead atoms. The number of hydrogen-bond donors (Lipinski definition) is 1. The van der Waals surface area contributed by atoms with Crippen LogP contribution in [0.4, 0.5) is 14.5 Å². The van der Waals surface area contributed by atoms with Crippen molar-refractivity contribution in [3.05, 3.63) is 54.1 Å². The molecule has 0 aliphatic carbocycles. The first-order valence-corrected chi connectivity index (χ1v) is 7.59. The molecule has 2 rings (SSSR count). The van der Waals surface area contributed by atoms with Crippen molar-refractivity contribution in [1.82, 2.24) is 0 Å². The maximum Gasteiger partial charge on any atom is 0.225 e. The van der Waals surface area contributed by atoms with E-state index in [9.17, 15) is 13.6 Å². The molecule has 0 aliphatic rings. The molecule has 2 aromatic carbocycles. The van der Waals surface area contributed by atoms with Crippen LogP contribution in [-0.4, -0.2) is 18.8 Å². The number of methoxy groups -OCH3 is 1. The van der Waals surface area contributed by atoms with E-state index in [0.717, 1.165) is 28.8 Å². The monoisotopic (exact) mass is 323 g/mol. The maximum atomic E-state index is 13.4. The molecule has 0 unspecified atom stereocenters. The Hall–Kier alpha value is -2.08. The van der Waals surface area contributed by atoms with Crippen LogP contribution in [0.5, 0.6) is 5.75 Å². The van der Waals surface area contributed by atoms with E-state index in [4.69, 9.17) is 4.74 Å². The van der Waals surface area contributed by atoms with Gasteiger partial charge in [0.2, 0.25) is 5.91 Å². The molecule has 0 fully saturated rings. The predicted octanol–water partition coefficient (Wildman–Crippen LogP) is 4.09. The number of carbonyl (C=O) groups is 1. The van der Waals surface area contributed by atoms with E-state index in [-0.39, 0.29) is 18.0 Å². The van der Waals surface area contributed by atoms with E-state index < -0.39 is 11.6 Å². The van der Waals surface area contributed by atoms with Gasteiger partial charge in [-0.15, -0.1) is 11.8 Å². The lowest BCUT2D eigenvalue weighted by molar-refractivity contribution is -0.115. The van der Waals surface area contributed by atoms with Crippen LogP contribution in [0.3, 0.4) is 0 Å². The van der Waals surface area contributed by atoms with Crippen LogP contribution in [0.25, 0.3) is 0 Å². The predicted molar refractivity (Wildman–Crippen MR) is 83.3 cm³/mol. The zero-order valence-electron chi connectivity index (χ0n) is 11.9. The van der Waals surface area contributed by atoms with Gasteiger partial charge in [-0.25, -0.2) is 8.78 Å². The summed E-state index contributed by atoms with van der Waals surface area (Å²) in [6.07, 6.45) is 0.201. The van der Waals surface area contributed by atoms with Crippen LogP contribution in [0.1, 0.15) is 6.42 Å². The number of hydrogen-bond acceptors (Lipinski definition) is 3. The quantitative estimate of drug-likeness (QED) is 0.814. The Morgan fingerprint density at radius 2 is 1.91 bits per heavy atom. The molecule has 22 heavy (non-hydrogen) atoms. The molecule has 0 aromatic heterocycles. The van der Waals surface area contributed by atoms with Gasteiger partial charge in [-0.2, -0.15) is 0 Å². The van der Waals surface area contributed by atoms with Gasteiger partial charge in [0, 0.05) is 23.1 Å². The number of halogens is 2. The molecule has 6 heteroatoms. The van der Waals surface area contributed by atoms with Crippen molar-refractivity contribution >= 4 is 23.4 Å². The van der Waals surface area contributed by atoms with Crippen LogP contribution in [0, 0.1) is 11.6 Å². The average molecular weight is 323 g/mol. The number of ether oxygens (including phenoxy) is 1. The van der Waals surface area contributed by atoms with Crippen LogP contribution >= 0.6 is 11.8 Å². The summed E-state index contributed by atoms with van der Waals surface area (Å²) in [4.78, 5) is 12.7. The molecule has 0 spiro atoms. The SMILES string of the molecule is COc1ccc(SCCC(=O)Nc2cc(F)ccc2F)cc1. The zero-order chi connectivity index (χ0) is 15.9. The van der Waals surface area contributed by atoms with E-state index in [1.807, 2.05) is 24.3 Å². The van der Waals surface area contributed by atoms with Crippen molar-refractivity contribution in [2.24, 2.45) is 0 Å². The number of amides is 1. The third-order valence-electron chi connectivity index (χ3n) is 2.86. The van der Waals surface area contributed by atoms with E-state index >= 15 is 0 Å². The molecular formula is C16H15F2NO2S. The smallest absolute Gasteiger partial charge is 0.225 e. The third kappa shape index (κ3) is 4.73. The number of thioether (sulfide) groups is 1. The fourth-order valence-corrected chi connectivity index (χ4v) is 2.59. The molecule has 0 aliphatic heterocycles. The lowest BCUT2D eigenvalue weighted by atomic mass is 10.3. The highest BCUT2D eigenvalue weighted by Gasteiger charge is 2.08. The highest BCUT2D eigenvalue weighted by atomic mass is 32.2. The van der Waals surface area contributed by atoms with E-state index in [2.05, 4.69) is 5.32 Å². The molecular weight excluding hydrogens is 308 g/mol. The van der Waals surface area contributed by atoms with Gasteiger partial charge in [0.1, 0.15) is 17.4 Å². The van der Waals surface area contributed by atoms with Crippen molar-refractivity contribution in [3.63, 3.8) is 0 Å². The highest BCUT2D eigenvalue weighted by molar-refractivity contribution is 7.99. The minimum atomic E-state index is -0.655. The summed E-state index contributed by atoms with van der Waals surface area (Å²) in [7, 11) is 1.60. The molecule has 1 N–H and O–H groups in total. The number of carbonyl (C=O) groups excluding carboxylic acids is 1. The summed E-state index contributed by atoms with van der Waals surface area (Å²) in [5.41, 5.74) is -0.139. The molecule has 0 heterocycles. The summed E-state index contributed by atoms with van der Waals surface area (Å²) in [5, 5.41) is 2.37. The topological polar surface area (TPSA) is 38.3 Å². The Morgan fingerprint density at radius 3 is 2.59 bits per heavy atom. The van der Waals surface area contributed by atoms with Crippen molar-refractivity contribution in [2.45, 2.75) is 11.3 Å². The van der Waals surface area contributed by atoms with E-state index in [1.54, 1.807) is 7.11 Å². The Bertz CT molecular complexity index is 647. The van der Waals surface area contributed by atoms with Gasteiger partial charge in [0.25, 0.3) is 0 Å². The second-order valence-corrected chi connectivity index (χ2v) is 5.61.